The quantitative estimate of drug-likeness (QED) is 0.422. The lowest BCUT2D eigenvalue weighted by Crippen LogP contribution is -2.22. The van der Waals surface area contributed by atoms with Gasteiger partial charge in [0.15, 0.2) is 5.96 Å². The third-order valence-electron chi connectivity index (χ3n) is 0.341. The Morgan fingerprint density at radius 1 is 1.57 bits per heavy atom. The van der Waals surface area contributed by atoms with E-state index < -0.39 is 0 Å². The zero-order valence-electron chi connectivity index (χ0n) is 4.22. The summed E-state index contributed by atoms with van der Waals surface area (Å²) in [4.78, 5) is 3.60. The Morgan fingerprint density at radius 2 is 2.00 bits per heavy atom. The molecular formula is C3H10BrN3. The molecule has 0 radical (unpaired) electrons. The van der Waals surface area contributed by atoms with Crippen LogP contribution in [0.25, 0.3) is 0 Å². The van der Waals surface area contributed by atoms with Gasteiger partial charge in [-0.2, -0.15) is 0 Å². The minimum Gasteiger partial charge on any atom is -0.370 e. The van der Waals surface area contributed by atoms with Gasteiger partial charge in [-0.1, -0.05) is 0 Å². The number of rotatable bonds is 1. The van der Waals surface area contributed by atoms with E-state index in [0.717, 1.165) is 0 Å². The molecule has 3 nitrogen and oxygen atoms in total. The Balaban J connectivity index is 0. The highest BCUT2D eigenvalue weighted by atomic mass is 79.9. The van der Waals surface area contributed by atoms with E-state index in [1.54, 1.807) is 0 Å². The maximum absolute atomic E-state index is 4.93. The second-order valence-corrected chi connectivity index (χ2v) is 0.899. The first kappa shape index (κ1) is 9.89. The molecular weight excluding hydrogens is 158 g/mol. The van der Waals surface area contributed by atoms with Crippen LogP contribution in [-0.2, 0) is 0 Å². The van der Waals surface area contributed by atoms with Gasteiger partial charge in [-0.05, 0) is 6.92 Å². The molecule has 4 N–H and O–H groups in total. The van der Waals surface area contributed by atoms with Gasteiger partial charge >= 0.3 is 0 Å². The highest BCUT2D eigenvalue weighted by Crippen LogP contribution is 1.58. The van der Waals surface area contributed by atoms with Crippen LogP contribution >= 0.6 is 17.0 Å². The largest absolute Gasteiger partial charge is 0.370 e. The summed E-state index contributed by atoms with van der Waals surface area (Å²) in [5.74, 6) is 0.164. The standard InChI is InChI=1S/C3H9N3.BrH/c1-2-6-3(4)5;/h2H2,1H3,(H4,4,5,6);1H. The summed E-state index contributed by atoms with van der Waals surface area (Å²) < 4.78 is 0. The van der Waals surface area contributed by atoms with Gasteiger partial charge in [0.05, 0.1) is 0 Å². The zero-order valence-corrected chi connectivity index (χ0v) is 5.93. The van der Waals surface area contributed by atoms with Crippen LogP contribution in [0.15, 0.2) is 4.99 Å². The average Bonchev–Trinajstić information content (AvgIpc) is 1.35. The minimum absolute atomic E-state index is 0. The summed E-state index contributed by atoms with van der Waals surface area (Å²) in [6.45, 7) is 2.54. The molecule has 7 heavy (non-hydrogen) atoms. The van der Waals surface area contributed by atoms with Crippen molar-refractivity contribution >= 4 is 22.9 Å². The van der Waals surface area contributed by atoms with Crippen LogP contribution in [0.4, 0.5) is 0 Å². The summed E-state index contributed by atoms with van der Waals surface area (Å²) in [5.41, 5.74) is 9.86. The number of guanidine groups is 1. The van der Waals surface area contributed by atoms with Crippen molar-refractivity contribution in [3.8, 4) is 0 Å². The lowest BCUT2D eigenvalue weighted by Gasteiger charge is -1.82. The van der Waals surface area contributed by atoms with Crippen LogP contribution in [0.3, 0.4) is 0 Å². The van der Waals surface area contributed by atoms with E-state index in [1.807, 2.05) is 6.92 Å². The van der Waals surface area contributed by atoms with E-state index in [-0.39, 0.29) is 22.9 Å². The number of aliphatic imine (C=N–C) groups is 1. The third kappa shape index (κ3) is 10.7. The Hall–Kier alpha value is -0.250. The number of nitrogens with zero attached hydrogens (tertiary/aromatic N) is 1. The molecule has 0 aromatic rings. The van der Waals surface area contributed by atoms with Gasteiger partial charge in [0.25, 0.3) is 0 Å². The van der Waals surface area contributed by atoms with Crippen LogP contribution < -0.4 is 11.5 Å². The lowest BCUT2D eigenvalue weighted by molar-refractivity contribution is 1.11. The first-order valence-electron chi connectivity index (χ1n) is 1.82. The molecule has 0 spiro atoms. The predicted octanol–water partition coefficient (Wildman–Crippen LogP) is -0.142. The van der Waals surface area contributed by atoms with Gasteiger partial charge < -0.3 is 11.5 Å². The molecule has 0 atom stereocenters. The molecule has 0 aliphatic heterocycles. The smallest absolute Gasteiger partial charge is 0.185 e. The number of halogens is 1. The monoisotopic (exact) mass is 167 g/mol. The second kappa shape index (κ2) is 5.75. The lowest BCUT2D eigenvalue weighted by atomic mass is 10.8. The molecule has 0 bridgehead atoms. The Morgan fingerprint density at radius 3 is 2.00 bits per heavy atom. The van der Waals surface area contributed by atoms with Crippen LogP contribution in [0.1, 0.15) is 6.92 Å². The van der Waals surface area contributed by atoms with Gasteiger partial charge in [0.2, 0.25) is 0 Å². The van der Waals surface area contributed by atoms with Crippen molar-refractivity contribution in [3.05, 3.63) is 0 Å². The summed E-state index contributed by atoms with van der Waals surface area (Å²) in [7, 11) is 0. The summed E-state index contributed by atoms with van der Waals surface area (Å²) in [6.07, 6.45) is 0. The molecule has 0 aliphatic carbocycles. The molecule has 0 fully saturated rings. The molecule has 0 unspecified atom stereocenters. The minimum atomic E-state index is 0. The van der Waals surface area contributed by atoms with Crippen LogP contribution in [0.2, 0.25) is 0 Å². The number of hydrogen-bond donors (Lipinski definition) is 2. The zero-order chi connectivity index (χ0) is 4.99. The van der Waals surface area contributed by atoms with E-state index in [2.05, 4.69) is 4.99 Å². The number of nitrogens with two attached hydrogens (primary N) is 2. The van der Waals surface area contributed by atoms with Gasteiger partial charge in [0.1, 0.15) is 0 Å². The highest BCUT2D eigenvalue weighted by molar-refractivity contribution is 8.93. The maximum atomic E-state index is 4.93. The van der Waals surface area contributed by atoms with Gasteiger partial charge in [0, 0.05) is 6.54 Å². The van der Waals surface area contributed by atoms with Crippen molar-refractivity contribution < 1.29 is 0 Å². The molecule has 44 valence electrons. The fourth-order valence-electron chi connectivity index (χ4n) is 0.183. The molecule has 0 aromatic carbocycles. The molecule has 0 amide bonds. The normalized spacial score (nSPS) is 6.43. The van der Waals surface area contributed by atoms with E-state index in [0.29, 0.717) is 6.54 Å². The summed E-state index contributed by atoms with van der Waals surface area (Å²) in [6, 6.07) is 0. The predicted molar refractivity (Wildman–Crippen MR) is 36.7 cm³/mol. The van der Waals surface area contributed by atoms with Crippen molar-refractivity contribution in [1.29, 1.82) is 0 Å². The van der Waals surface area contributed by atoms with Crippen molar-refractivity contribution in [2.24, 2.45) is 16.5 Å². The fourth-order valence-corrected chi connectivity index (χ4v) is 0.183. The van der Waals surface area contributed by atoms with Crippen molar-refractivity contribution in [2.45, 2.75) is 6.92 Å². The van der Waals surface area contributed by atoms with Gasteiger partial charge in [-0.15, -0.1) is 17.0 Å². The molecule has 0 saturated carbocycles. The molecule has 0 aromatic heterocycles. The first-order chi connectivity index (χ1) is 2.77. The topological polar surface area (TPSA) is 64.4 Å². The van der Waals surface area contributed by atoms with E-state index in [9.17, 15) is 0 Å². The van der Waals surface area contributed by atoms with E-state index in [1.165, 1.54) is 0 Å². The summed E-state index contributed by atoms with van der Waals surface area (Å²) >= 11 is 0. The van der Waals surface area contributed by atoms with Gasteiger partial charge in [-0.3, -0.25) is 4.99 Å². The summed E-state index contributed by atoms with van der Waals surface area (Å²) in [5, 5.41) is 0. The van der Waals surface area contributed by atoms with E-state index in [4.69, 9.17) is 11.5 Å². The van der Waals surface area contributed by atoms with Crippen LogP contribution in [0, 0.1) is 0 Å². The maximum Gasteiger partial charge on any atom is 0.185 e. The van der Waals surface area contributed by atoms with E-state index >= 15 is 0 Å². The molecule has 0 heterocycles. The third-order valence-corrected chi connectivity index (χ3v) is 0.341. The Bertz CT molecular complexity index is 57.2. The molecule has 0 aliphatic rings. The Kier molecular flexibility index (Phi) is 8.12. The van der Waals surface area contributed by atoms with Crippen molar-refractivity contribution in [2.75, 3.05) is 6.54 Å². The van der Waals surface area contributed by atoms with Gasteiger partial charge in [-0.25, -0.2) is 0 Å². The second-order valence-electron chi connectivity index (χ2n) is 0.899. The average molecular weight is 168 g/mol. The fraction of sp³-hybridized carbons (Fsp3) is 0.667. The number of hydrogen-bond acceptors (Lipinski definition) is 1. The molecule has 0 saturated heterocycles. The highest BCUT2D eigenvalue weighted by Gasteiger charge is 1.68. The van der Waals surface area contributed by atoms with Crippen LogP contribution in [-0.4, -0.2) is 12.5 Å². The van der Waals surface area contributed by atoms with Crippen molar-refractivity contribution in [3.63, 3.8) is 0 Å². The SMILES string of the molecule is Br.CCN=C(N)N. The molecule has 4 heteroatoms. The first-order valence-corrected chi connectivity index (χ1v) is 1.82. The van der Waals surface area contributed by atoms with Crippen LogP contribution in [0.5, 0.6) is 0 Å². The molecule has 0 rings (SSSR count). The Labute approximate surface area is 53.6 Å². The van der Waals surface area contributed by atoms with Crippen molar-refractivity contribution in [1.82, 2.24) is 0 Å².